The summed E-state index contributed by atoms with van der Waals surface area (Å²) in [7, 11) is 3.88. The van der Waals surface area contributed by atoms with Gasteiger partial charge in [0.15, 0.2) is 0 Å². The summed E-state index contributed by atoms with van der Waals surface area (Å²) in [6.45, 7) is 3.61. The van der Waals surface area contributed by atoms with Gasteiger partial charge in [-0.25, -0.2) is 0 Å². The molecule has 7 heteroatoms. The summed E-state index contributed by atoms with van der Waals surface area (Å²) in [6.07, 6.45) is 6.80. The number of nitrogens with zero attached hydrogens (tertiary/aromatic N) is 5. The summed E-state index contributed by atoms with van der Waals surface area (Å²) in [5.74, 6) is 0.513. The van der Waals surface area contributed by atoms with Crippen molar-refractivity contribution in [1.82, 2.24) is 29.8 Å². The van der Waals surface area contributed by atoms with E-state index in [-0.39, 0.29) is 5.91 Å². The van der Waals surface area contributed by atoms with Crippen molar-refractivity contribution >= 4 is 5.91 Å². The van der Waals surface area contributed by atoms with E-state index in [9.17, 15) is 4.79 Å². The van der Waals surface area contributed by atoms with Crippen LogP contribution in [0.15, 0.2) is 48.8 Å². The molecule has 1 amide bonds. The van der Waals surface area contributed by atoms with Crippen LogP contribution in [0.5, 0.6) is 0 Å². The molecule has 1 fully saturated rings. The number of hydrogen-bond donors (Lipinski definition) is 1. The fourth-order valence-electron chi connectivity index (χ4n) is 4.16. The number of rotatable bonds is 7. The van der Waals surface area contributed by atoms with Gasteiger partial charge in [0.2, 0.25) is 0 Å². The van der Waals surface area contributed by atoms with Crippen LogP contribution in [-0.4, -0.2) is 43.5 Å². The molecular formula is C23H30N6O. The molecule has 7 nitrogen and oxygen atoms in total. The molecule has 1 aliphatic heterocycles. The number of hydrogen-bond acceptors (Lipinski definition) is 4. The van der Waals surface area contributed by atoms with E-state index in [0.29, 0.717) is 18.0 Å². The zero-order valence-electron chi connectivity index (χ0n) is 17.8. The van der Waals surface area contributed by atoms with E-state index in [1.165, 1.54) is 5.69 Å². The fraction of sp³-hybridized carbons (Fsp3) is 0.435. The second kappa shape index (κ2) is 9.26. The molecule has 0 spiro atoms. The maximum Gasteiger partial charge on any atom is 0.255 e. The first-order valence-electron chi connectivity index (χ1n) is 10.6. The molecule has 0 saturated carbocycles. The Morgan fingerprint density at radius 2 is 1.90 bits per heavy atom. The number of amides is 1. The minimum atomic E-state index is -0.0457. The monoisotopic (exact) mass is 406 g/mol. The van der Waals surface area contributed by atoms with Crippen molar-refractivity contribution < 1.29 is 4.79 Å². The molecule has 3 heterocycles. The molecular weight excluding hydrogens is 376 g/mol. The van der Waals surface area contributed by atoms with Crippen LogP contribution in [0.3, 0.4) is 0 Å². The summed E-state index contributed by atoms with van der Waals surface area (Å²) < 4.78 is 3.70. The minimum Gasteiger partial charge on any atom is -0.348 e. The normalized spacial score (nSPS) is 15.4. The Hall–Kier alpha value is -2.93. The van der Waals surface area contributed by atoms with Crippen LogP contribution in [0.1, 0.15) is 40.2 Å². The quantitative estimate of drug-likeness (QED) is 0.655. The van der Waals surface area contributed by atoms with Crippen molar-refractivity contribution in [3.05, 3.63) is 71.3 Å². The van der Waals surface area contributed by atoms with Gasteiger partial charge in [0.05, 0.1) is 17.0 Å². The van der Waals surface area contributed by atoms with Gasteiger partial charge in [-0.05, 0) is 49.9 Å². The third kappa shape index (κ3) is 4.97. The number of benzene rings is 1. The molecule has 3 aromatic rings. The van der Waals surface area contributed by atoms with E-state index in [1.54, 1.807) is 4.68 Å². The fourth-order valence-corrected chi connectivity index (χ4v) is 4.16. The van der Waals surface area contributed by atoms with Gasteiger partial charge in [-0.15, -0.1) is 0 Å². The number of aromatic nitrogens is 4. The molecule has 1 saturated heterocycles. The Morgan fingerprint density at radius 1 is 1.13 bits per heavy atom. The third-order valence-corrected chi connectivity index (χ3v) is 5.94. The van der Waals surface area contributed by atoms with E-state index >= 15 is 0 Å². The van der Waals surface area contributed by atoms with Crippen LogP contribution in [0.2, 0.25) is 0 Å². The zero-order valence-corrected chi connectivity index (χ0v) is 17.8. The summed E-state index contributed by atoms with van der Waals surface area (Å²) in [5, 5.41) is 11.9. The first kappa shape index (κ1) is 20.3. The first-order valence-corrected chi connectivity index (χ1v) is 10.6. The van der Waals surface area contributed by atoms with Crippen molar-refractivity contribution in [2.45, 2.75) is 32.4 Å². The van der Waals surface area contributed by atoms with Gasteiger partial charge >= 0.3 is 0 Å². The van der Waals surface area contributed by atoms with Crippen LogP contribution < -0.4 is 5.32 Å². The van der Waals surface area contributed by atoms with Gasteiger partial charge in [0.25, 0.3) is 5.91 Å². The molecule has 1 N–H and O–H groups in total. The van der Waals surface area contributed by atoms with E-state index in [2.05, 4.69) is 26.5 Å². The highest BCUT2D eigenvalue weighted by Gasteiger charge is 2.24. The SMILES string of the molecule is Cn1cc(C(=O)NCc2ccccc2)c(CC2CCN(Cc3ccnn3C)CC2)n1. The number of nitrogens with one attached hydrogen (secondary N) is 1. The zero-order chi connectivity index (χ0) is 20.9. The molecule has 0 atom stereocenters. The lowest BCUT2D eigenvalue weighted by atomic mass is 9.91. The topological polar surface area (TPSA) is 68.0 Å². The minimum absolute atomic E-state index is 0.0457. The molecule has 4 rings (SSSR count). The average molecular weight is 407 g/mol. The molecule has 0 aliphatic carbocycles. The maximum atomic E-state index is 12.8. The van der Waals surface area contributed by atoms with Crippen LogP contribution in [-0.2, 0) is 33.6 Å². The average Bonchev–Trinajstić information content (AvgIpc) is 3.33. The van der Waals surface area contributed by atoms with Crippen molar-refractivity contribution in [3.63, 3.8) is 0 Å². The Balaban J connectivity index is 1.32. The number of piperidine rings is 1. The summed E-state index contributed by atoms with van der Waals surface area (Å²) in [4.78, 5) is 15.3. The van der Waals surface area contributed by atoms with Crippen LogP contribution in [0.25, 0.3) is 0 Å². The highest BCUT2D eigenvalue weighted by Crippen LogP contribution is 2.23. The Kier molecular flexibility index (Phi) is 6.28. The van der Waals surface area contributed by atoms with E-state index < -0.39 is 0 Å². The van der Waals surface area contributed by atoms with E-state index in [0.717, 1.165) is 50.2 Å². The van der Waals surface area contributed by atoms with Gasteiger partial charge in [-0.2, -0.15) is 10.2 Å². The second-order valence-corrected chi connectivity index (χ2v) is 8.20. The smallest absolute Gasteiger partial charge is 0.255 e. The predicted molar refractivity (Wildman–Crippen MR) is 116 cm³/mol. The molecule has 158 valence electrons. The third-order valence-electron chi connectivity index (χ3n) is 5.94. The standard InChI is InChI=1S/C23H30N6O/c1-27-17-21(23(30)24-15-19-6-4-3-5-7-19)22(26-27)14-18-9-12-29(13-10-18)16-20-8-11-25-28(20)2/h3-8,11,17-18H,9-10,12-16H2,1-2H3,(H,24,30). The van der Waals surface area contributed by atoms with Crippen molar-refractivity contribution in [2.75, 3.05) is 13.1 Å². The van der Waals surface area contributed by atoms with Gasteiger partial charge in [0.1, 0.15) is 0 Å². The first-order chi connectivity index (χ1) is 14.6. The number of carbonyl (C=O) groups is 1. The number of likely N-dealkylation sites (tertiary alicyclic amines) is 1. The lowest BCUT2D eigenvalue weighted by molar-refractivity contribution is 0.0949. The molecule has 30 heavy (non-hydrogen) atoms. The Labute approximate surface area is 177 Å². The molecule has 0 unspecified atom stereocenters. The van der Waals surface area contributed by atoms with Gasteiger partial charge in [-0.1, -0.05) is 30.3 Å². The van der Waals surface area contributed by atoms with Crippen molar-refractivity contribution in [1.29, 1.82) is 0 Å². The summed E-state index contributed by atoms with van der Waals surface area (Å²) in [6, 6.07) is 12.1. The molecule has 0 radical (unpaired) electrons. The van der Waals surface area contributed by atoms with Crippen molar-refractivity contribution in [3.8, 4) is 0 Å². The van der Waals surface area contributed by atoms with E-state index in [1.807, 2.05) is 61.5 Å². The second-order valence-electron chi connectivity index (χ2n) is 8.20. The largest absolute Gasteiger partial charge is 0.348 e. The summed E-state index contributed by atoms with van der Waals surface area (Å²) in [5.41, 5.74) is 3.95. The molecule has 0 bridgehead atoms. The summed E-state index contributed by atoms with van der Waals surface area (Å²) >= 11 is 0. The number of carbonyl (C=O) groups excluding carboxylic acids is 1. The van der Waals surface area contributed by atoms with Crippen LogP contribution in [0, 0.1) is 5.92 Å². The van der Waals surface area contributed by atoms with Gasteiger partial charge in [-0.3, -0.25) is 19.1 Å². The predicted octanol–water partition coefficient (Wildman–Crippen LogP) is 2.54. The molecule has 2 aromatic heterocycles. The van der Waals surface area contributed by atoms with E-state index in [4.69, 9.17) is 0 Å². The Morgan fingerprint density at radius 3 is 2.60 bits per heavy atom. The number of aryl methyl sites for hydroxylation is 2. The Bertz CT molecular complexity index is 969. The van der Waals surface area contributed by atoms with Gasteiger partial charge < -0.3 is 5.32 Å². The molecule has 1 aromatic carbocycles. The highest BCUT2D eigenvalue weighted by atomic mass is 16.1. The van der Waals surface area contributed by atoms with Crippen LogP contribution >= 0.6 is 0 Å². The maximum absolute atomic E-state index is 12.8. The van der Waals surface area contributed by atoms with Gasteiger partial charge in [0, 0.05) is 39.6 Å². The van der Waals surface area contributed by atoms with Crippen molar-refractivity contribution in [2.24, 2.45) is 20.0 Å². The lowest BCUT2D eigenvalue weighted by Gasteiger charge is -2.31. The highest BCUT2D eigenvalue weighted by molar-refractivity contribution is 5.95. The lowest BCUT2D eigenvalue weighted by Crippen LogP contribution is -2.34. The van der Waals surface area contributed by atoms with Crippen LogP contribution in [0.4, 0.5) is 0 Å². The molecule has 1 aliphatic rings.